The largest absolute Gasteiger partial charge is 0.353 e. The van der Waals surface area contributed by atoms with Gasteiger partial charge in [-0.25, -0.2) is 19.6 Å². The second kappa shape index (κ2) is 9.23. The molecule has 0 radical (unpaired) electrons. The quantitative estimate of drug-likeness (QED) is 0.491. The van der Waals surface area contributed by atoms with E-state index in [0.717, 1.165) is 55.3 Å². The lowest BCUT2D eigenvalue weighted by molar-refractivity contribution is -0.116. The van der Waals surface area contributed by atoms with Gasteiger partial charge in [-0.1, -0.05) is 25.1 Å². The van der Waals surface area contributed by atoms with E-state index < -0.39 is 0 Å². The molecule has 0 aliphatic carbocycles. The molecule has 1 N–H and O–H groups in total. The van der Waals surface area contributed by atoms with Crippen molar-refractivity contribution in [2.24, 2.45) is 0 Å². The molecule has 0 saturated carbocycles. The summed E-state index contributed by atoms with van der Waals surface area (Å²) in [5, 5.41) is 8.21. The van der Waals surface area contributed by atoms with Crippen LogP contribution in [0.2, 0.25) is 0 Å². The molecule has 1 amide bonds. The predicted octanol–water partition coefficient (Wildman–Crippen LogP) is 2.75. The standard InChI is InChI=1S/C24H26N8O/c1-2-18-6-8-19(9-7-18)29-22(33)16-32-24-20(15-28-32)23(26-17-27-24)31-13-11-30(12-14-31)21-5-3-4-10-25-21/h3-10,15,17H,2,11-14,16H2,1H3,(H,29,33). The summed E-state index contributed by atoms with van der Waals surface area (Å²) in [7, 11) is 0. The van der Waals surface area contributed by atoms with Crippen molar-refractivity contribution < 1.29 is 4.79 Å². The number of amides is 1. The van der Waals surface area contributed by atoms with Crippen LogP contribution in [0.25, 0.3) is 11.0 Å². The molecule has 0 bridgehead atoms. The molecular formula is C24H26N8O. The summed E-state index contributed by atoms with van der Waals surface area (Å²) in [5.74, 6) is 1.70. The lowest BCUT2D eigenvalue weighted by atomic mass is 10.1. The fraction of sp³-hybridized carbons (Fsp3) is 0.292. The van der Waals surface area contributed by atoms with E-state index in [9.17, 15) is 4.79 Å². The van der Waals surface area contributed by atoms with E-state index in [2.05, 4.69) is 42.1 Å². The first-order chi connectivity index (χ1) is 16.2. The highest BCUT2D eigenvalue weighted by Crippen LogP contribution is 2.24. The minimum Gasteiger partial charge on any atom is -0.353 e. The van der Waals surface area contributed by atoms with Gasteiger partial charge in [0, 0.05) is 38.1 Å². The summed E-state index contributed by atoms with van der Waals surface area (Å²) >= 11 is 0. The molecule has 33 heavy (non-hydrogen) atoms. The maximum Gasteiger partial charge on any atom is 0.246 e. The Morgan fingerprint density at radius 2 is 1.76 bits per heavy atom. The van der Waals surface area contributed by atoms with E-state index >= 15 is 0 Å². The number of nitrogens with zero attached hydrogens (tertiary/aromatic N) is 7. The van der Waals surface area contributed by atoms with Crippen LogP contribution >= 0.6 is 0 Å². The molecule has 9 nitrogen and oxygen atoms in total. The molecule has 5 rings (SSSR count). The topological polar surface area (TPSA) is 92.1 Å². The Kier molecular flexibility index (Phi) is 5.84. The van der Waals surface area contributed by atoms with Gasteiger partial charge in [0.25, 0.3) is 0 Å². The Balaban J connectivity index is 1.27. The predicted molar refractivity (Wildman–Crippen MR) is 128 cm³/mol. The molecule has 0 spiro atoms. The van der Waals surface area contributed by atoms with E-state index in [4.69, 9.17) is 0 Å². The number of rotatable bonds is 6. The average Bonchev–Trinajstić information content (AvgIpc) is 3.28. The Bertz CT molecular complexity index is 1230. The molecule has 1 aliphatic rings. The van der Waals surface area contributed by atoms with Crippen molar-refractivity contribution >= 4 is 34.3 Å². The van der Waals surface area contributed by atoms with E-state index in [1.165, 1.54) is 5.56 Å². The monoisotopic (exact) mass is 442 g/mol. The lowest BCUT2D eigenvalue weighted by Gasteiger charge is -2.36. The molecule has 4 heterocycles. The van der Waals surface area contributed by atoms with Gasteiger partial charge in [-0.3, -0.25) is 4.79 Å². The molecule has 168 valence electrons. The van der Waals surface area contributed by atoms with Crippen LogP contribution in [-0.4, -0.2) is 56.8 Å². The number of pyridine rings is 1. The van der Waals surface area contributed by atoms with Crippen molar-refractivity contribution in [3.8, 4) is 0 Å². The number of piperazine rings is 1. The number of aromatic nitrogens is 5. The Labute approximate surface area is 192 Å². The third-order valence-corrected chi connectivity index (χ3v) is 5.90. The SMILES string of the molecule is CCc1ccc(NC(=O)Cn2ncc3c(N4CCN(c5ccccn5)CC4)ncnc32)cc1. The van der Waals surface area contributed by atoms with Crippen LogP contribution in [0, 0.1) is 0 Å². The minimum absolute atomic E-state index is 0.0862. The lowest BCUT2D eigenvalue weighted by Crippen LogP contribution is -2.47. The van der Waals surface area contributed by atoms with Crippen molar-refractivity contribution in [3.63, 3.8) is 0 Å². The molecule has 0 atom stereocenters. The van der Waals surface area contributed by atoms with Crippen LogP contribution in [0.1, 0.15) is 12.5 Å². The molecule has 1 saturated heterocycles. The first-order valence-corrected chi connectivity index (χ1v) is 11.2. The van der Waals surface area contributed by atoms with Gasteiger partial charge in [-0.15, -0.1) is 0 Å². The Hall–Kier alpha value is -4.01. The zero-order valence-electron chi connectivity index (χ0n) is 18.6. The van der Waals surface area contributed by atoms with Gasteiger partial charge in [0.15, 0.2) is 5.65 Å². The molecule has 9 heteroatoms. The minimum atomic E-state index is -0.145. The van der Waals surface area contributed by atoms with Crippen LogP contribution in [-0.2, 0) is 17.8 Å². The molecular weight excluding hydrogens is 416 g/mol. The molecule has 1 aliphatic heterocycles. The molecule has 4 aromatic rings. The first kappa shape index (κ1) is 20.9. The van der Waals surface area contributed by atoms with Crippen molar-refractivity contribution in [3.05, 3.63) is 66.7 Å². The van der Waals surface area contributed by atoms with Crippen molar-refractivity contribution in [2.75, 3.05) is 41.3 Å². The molecule has 0 unspecified atom stereocenters. The van der Waals surface area contributed by atoms with Crippen LogP contribution in [0.4, 0.5) is 17.3 Å². The molecule has 1 fully saturated rings. The van der Waals surface area contributed by atoms with Gasteiger partial charge >= 0.3 is 0 Å². The molecule has 3 aromatic heterocycles. The third-order valence-electron chi connectivity index (χ3n) is 5.90. The van der Waals surface area contributed by atoms with Gasteiger partial charge in [0.05, 0.1) is 11.6 Å². The normalized spacial score (nSPS) is 14.0. The fourth-order valence-corrected chi connectivity index (χ4v) is 4.10. The van der Waals surface area contributed by atoms with E-state index in [1.54, 1.807) is 17.2 Å². The summed E-state index contributed by atoms with van der Waals surface area (Å²) in [6.45, 7) is 5.55. The van der Waals surface area contributed by atoms with E-state index in [1.807, 2.05) is 48.7 Å². The van der Waals surface area contributed by atoms with Crippen LogP contribution < -0.4 is 15.1 Å². The Morgan fingerprint density at radius 3 is 2.48 bits per heavy atom. The second-order valence-electron chi connectivity index (χ2n) is 8.00. The van der Waals surface area contributed by atoms with E-state index in [0.29, 0.717) is 5.65 Å². The van der Waals surface area contributed by atoms with Gasteiger partial charge in [-0.2, -0.15) is 5.10 Å². The molecule has 1 aromatic carbocycles. The number of nitrogens with one attached hydrogen (secondary N) is 1. The number of hydrogen-bond donors (Lipinski definition) is 1. The van der Waals surface area contributed by atoms with Gasteiger partial charge in [-0.05, 0) is 36.2 Å². The van der Waals surface area contributed by atoms with Crippen molar-refractivity contribution in [1.29, 1.82) is 0 Å². The number of aryl methyl sites for hydroxylation is 1. The maximum atomic E-state index is 12.6. The zero-order chi connectivity index (χ0) is 22.6. The summed E-state index contributed by atoms with van der Waals surface area (Å²) in [5.41, 5.74) is 2.66. The van der Waals surface area contributed by atoms with Gasteiger partial charge in [0.2, 0.25) is 5.91 Å². The summed E-state index contributed by atoms with van der Waals surface area (Å²) in [6, 6.07) is 13.8. The third kappa shape index (κ3) is 4.48. The highest BCUT2D eigenvalue weighted by Gasteiger charge is 2.22. The summed E-state index contributed by atoms with van der Waals surface area (Å²) < 4.78 is 1.63. The number of hydrogen-bond acceptors (Lipinski definition) is 7. The smallest absolute Gasteiger partial charge is 0.246 e. The fourth-order valence-electron chi connectivity index (χ4n) is 4.10. The summed E-state index contributed by atoms with van der Waals surface area (Å²) in [4.78, 5) is 30.5. The maximum absolute atomic E-state index is 12.6. The van der Waals surface area contributed by atoms with Crippen LogP contribution in [0.5, 0.6) is 0 Å². The van der Waals surface area contributed by atoms with Crippen LogP contribution in [0.3, 0.4) is 0 Å². The number of anilines is 3. The highest BCUT2D eigenvalue weighted by molar-refractivity contribution is 5.92. The average molecular weight is 443 g/mol. The number of benzene rings is 1. The van der Waals surface area contributed by atoms with Crippen molar-refractivity contribution in [1.82, 2.24) is 24.7 Å². The van der Waals surface area contributed by atoms with Gasteiger partial charge < -0.3 is 15.1 Å². The highest BCUT2D eigenvalue weighted by atomic mass is 16.2. The van der Waals surface area contributed by atoms with Crippen molar-refractivity contribution in [2.45, 2.75) is 19.9 Å². The number of fused-ring (bicyclic) bond motifs is 1. The summed E-state index contributed by atoms with van der Waals surface area (Å²) in [6.07, 6.45) is 6.08. The second-order valence-corrected chi connectivity index (χ2v) is 8.00. The first-order valence-electron chi connectivity index (χ1n) is 11.2. The van der Waals surface area contributed by atoms with E-state index in [-0.39, 0.29) is 12.5 Å². The number of carbonyl (C=O) groups is 1. The number of carbonyl (C=O) groups excluding carboxylic acids is 1. The Morgan fingerprint density at radius 1 is 0.970 bits per heavy atom. The van der Waals surface area contributed by atoms with Crippen LogP contribution in [0.15, 0.2) is 61.2 Å². The zero-order valence-corrected chi connectivity index (χ0v) is 18.6. The van der Waals surface area contributed by atoms with Gasteiger partial charge in [0.1, 0.15) is 24.5 Å².